The average Bonchev–Trinajstić information content (AvgIpc) is 2.14. The number of carbonyl (C=O) groups excluding carboxylic acids is 1. The van der Waals surface area contributed by atoms with Crippen molar-refractivity contribution in [3.63, 3.8) is 0 Å². The van der Waals surface area contributed by atoms with E-state index in [4.69, 9.17) is 4.74 Å². The van der Waals surface area contributed by atoms with Crippen LogP contribution in [0.25, 0.3) is 0 Å². The van der Waals surface area contributed by atoms with E-state index >= 15 is 0 Å². The number of carbonyl (C=O) groups is 1. The molecule has 1 aromatic rings. The summed E-state index contributed by atoms with van der Waals surface area (Å²) in [6.45, 7) is 9.57. The van der Waals surface area contributed by atoms with Crippen LogP contribution in [0.15, 0.2) is 18.5 Å². The number of nitrogens with zero attached hydrogens (tertiary/aromatic N) is 1. The van der Waals surface area contributed by atoms with Gasteiger partial charge in [-0.15, -0.1) is 0 Å². The number of hydrogen-bond acceptors (Lipinski definition) is 3. The maximum Gasteiger partial charge on any atom is 0.169 e. The lowest BCUT2D eigenvalue weighted by atomic mass is 9.87. The van der Waals surface area contributed by atoms with Crippen molar-refractivity contribution in [2.75, 3.05) is 0 Å². The lowest BCUT2D eigenvalue weighted by molar-refractivity contribution is 0.0857. The lowest BCUT2D eigenvalue weighted by Crippen LogP contribution is -2.20. The maximum absolute atomic E-state index is 12.0. The third-order valence-corrected chi connectivity index (χ3v) is 2.03. The third kappa shape index (κ3) is 3.33. The number of ketones is 1. The predicted molar refractivity (Wildman–Crippen MR) is 63.8 cm³/mol. The molecule has 0 aliphatic rings. The van der Waals surface area contributed by atoms with E-state index in [1.165, 1.54) is 0 Å². The van der Waals surface area contributed by atoms with Gasteiger partial charge in [-0.3, -0.25) is 9.78 Å². The van der Waals surface area contributed by atoms with Gasteiger partial charge in [0.1, 0.15) is 5.75 Å². The van der Waals surface area contributed by atoms with Gasteiger partial charge in [0.15, 0.2) is 5.78 Å². The summed E-state index contributed by atoms with van der Waals surface area (Å²) in [4.78, 5) is 16.0. The molecule has 0 fully saturated rings. The summed E-state index contributed by atoms with van der Waals surface area (Å²) in [5.41, 5.74) is 0.212. The van der Waals surface area contributed by atoms with Gasteiger partial charge in [0, 0.05) is 17.2 Å². The minimum absolute atomic E-state index is 0.0780. The fraction of sp³-hybridized carbons (Fsp3) is 0.538. The van der Waals surface area contributed by atoms with Crippen molar-refractivity contribution in [1.29, 1.82) is 0 Å². The Labute approximate surface area is 96.8 Å². The van der Waals surface area contributed by atoms with Gasteiger partial charge >= 0.3 is 0 Å². The monoisotopic (exact) mass is 221 g/mol. The summed E-state index contributed by atoms with van der Waals surface area (Å²) in [6, 6.07) is 1.75. The molecule has 16 heavy (non-hydrogen) atoms. The molecule has 0 saturated carbocycles. The quantitative estimate of drug-likeness (QED) is 0.736. The Balaban J connectivity index is 2.95. The summed E-state index contributed by atoms with van der Waals surface area (Å²) in [5.74, 6) is 0.722. The molecule has 0 radical (unpaired) electrons. The first-order valence-electron chi connectivity index (χ1n) is 5.47. The van der Waals surface area contributed by atoms with Crippen LogP contribution in [0.3, 0.4) is 0 Å². The Morgan fingerprint density at radius 2 is 1.94 bits per heavy atom. The minimum atomic E-state index is -0.391. The second-order valence-corrected chi connectivity index (χ2v) is 5.16. The number of ether oxygens (including phenoxy) is 1. The Bertz CT molecular complexity index is 378. The Kier molecular flexibility index (Phi) is 3.68. The van der Waals surface area contributed by atoms with Crippen LogP contribution in [0.4, 0.5) is 0 Å². The first kappa shape index (κ1) is 12.7. The molecule has 3 heteroatoms. The molecule has 0 spiro atoms. The summed E-state index contributed by atoms with van der Waals surface area (Å²) in [7, 11) is 0. The van der Waals surface area contributed by atoms with Gasteiger partial charge < -0.3 is 4.74 Å². The van der Waals surface area contributed by atoms with Crippen molar-refractivity contribution in [2.24, 2.45) is 5.41 Å². The lowest BCUT2D eigenvalue weighted by Gasteiger charge is -2.17. The highest BCUT2D eigenvalue weighted by atomic mass is 16.5. The molecule has 0 unspecified atom stereocenters. The standard InChI is InChI=1S/C13H19NO2/c1-9(2)16-11-6-10(7-14-8-11)12(15)13(3,4)5/h6-9H,1-5H3. The van der Waals surface area contributed by atoms with E-state index in [-0.39, 0.29) is 11.9 Å². The second kappa shape index (κ2) is 4.64. The van der Waals surface area contributed by atoms with Crippen LogP contribution in [0, 0.1) is 5.41 Å². The van der Waals surface area contributed by atoms with Crippen LogP contribution in [-0.4, -0.2) is 16.9 Å². The van der Waals surface area contributed by atoms with Crippen LogP contribution in [0.2, 0.25) is 0 Å². The number of pyridine rings is 1. The Morgan fingerprint density at radius 1 is 1.31 bits per heavy atom. The van der Waals surface area contributed by atoms with Crippen LogP contribution in [-0.2, 0) is 0 Å². The van der Waals surface area contributed by atoms with Crippen LogP contribution in [0.1, 0.15) is 45.0 Å². The zero-order chi connectivity index (χ0) is 12.3. The van der Waals surface area contributed by atoms with Crippen LogP contribution in [0.5, 0.6) is 5.75 Å². The number of rotatable bonds is 3. The van der Waals surface area contributed by atoms with Crippen molar-refractivity contribution in [1.82, 2.24) is 4.98 Å². The largest absolute Gasteiger partial charge is 0.489 e. The van der Waals surface area contributed by atoms with Crippen LogP contribution < -0.4 is 4.74 Å². The minimum Gasteiger partial charge on any atom is -0.489 e. The first-order chi connectivity index (χ1) is 7.30. The molecular formula is C13H19NO2. The van der Waals surface area contributed by atoms with E-state index in [9.17, 15) is 4.79 Å². The summed E-state index contributed by atoms with van der Waals surface area (Å²) >= 11 is 0. The fourth-order valence-corrected chi connectivity index (χ4v) is 1.31. The molecular weight excluding hydrogens is 202 g/mol. The first-order valence-corrected chi connectivity index (χ1v) is 5.47. The number of aromatic nitrogens is 1. The third-order valence-electron chi connectivity index (χ3n) is 2.03. The number of hydrogen-bond donors (Lipinski definition) is 0. The SMILES string of the molecule is CC(C)Oc1cncc(C(=O)C(C)(C)C)c1. The molecule has 0 amide bonds. The highest BCUT2D eigenvalue weighted by Gasteiger charge is 2.23. The van der Waals surface area contributed by atoms with Gasteiger partial charge in [0.2, 0.25) is 0 Å². The smallest absolute Gasteiger partial charge is 0.169 e. The maximum atomic E-state index is 12.0. The summed E-state index contributed by atoms with van der Waals surface area (Å²) in [6.07, 6.45) is 3.29. The molecule has 0 aliphatic carbocycles. The highest BCUT2D eigenvalue weighted by Crippen LogP contribution is 2.22. The van der Waals surface area contributed by atoms with E-state index in [2.05, 4.69) is 4.98 Å². The van der Waals surface area contributed by atoms with E-state index in [0.29, 0.717) is 11.3 Å². The van der Waals surface area contributed by atoms with Gasteiger partial charge in [-0.2, -0.15) is 0 Å². The van der Waals surface area contributed by atoms with E-state index in [1.807, 2.05) is 34.6 Å². The van der Waals surface area contributed by atoms with E-state index < -0.39 is 5.41 Å². The predicted octanol–water partition coefficient (Wildman–Crippen LogP) is 3.10. The summed E-state index contributed by atoms with van der Waals surface area (Å²) in [5, 5.41) is 0. The van der Waals surface area contributed by atoms with Crippen molar-refractivity contribution in [3.8, 4) is 5.75 Å². The molecule has 0 aromatic carbocycles. The summed E-state index contributed by atoms with van der Waals surface area (Å²) < 4.78 is 5.50. The molecule has 0 atom stereocenters. The van der Waals surface area contributed by atoms with Gasteiger partial charge in [-0.1, -0.05) is 20.8 Å². The van der Waals surface area contributed by atoms with E-state index in [0.717, 1.165) is 0 Å². The molecule has 1 aromatic heterocycles. The van der Waals surface area contributed by atoms with Crippen molar-refractivity contribution in [2.45, 2.75) is 40.7 Å². The molecule has 1 heterocycles. The molecule has 0 N–H and O–H groups in total. The zero-order valence-electron chi connectivity index (χ0n) is 10.6. The number of Topliss-reactive ketones (excluding diaryl/α,β-unsaturated/α-hetero) is 1. The molecule has 0 bridgehead atoms. The highest BCUT2D eigenvalue weighted by molar-refractivity contribution is 5.99. The zero-order valence-corrected chi connectivity index (χ0v) is 10.6. The van der Waals surface area contributed by atoms with E-state index in [1.54, 1.807) is 18.5 Å². The molecule has 1 rings (SSSR count). The van der Waals surface area contributed by atoms with Gasteiger partial charge in [-0.05, 0) is 19.9 Å². The Hall–Kier alpha value is -1.38. The molecule has 3 nitrogen and oxygen atoms in total. The van der Waals surface area contributed by atoms with Gasteiger partial charge in [0.25, 0.3) is 0 Å². The fourth-order valence-electron chi connectivity index (χ4n) is 1.31. The Morgan fingerprint density at radius 3 is 2.44 bits per heavy atom. The van der Waals surface area contributed by atoms with Gasteiger partial charge in [-0.25, -0.2) is 0 Å². The van der Waals surface area contributed by atoms with Crippen molar-refractivity contribution >= 4 is 5.78 Å². The second-order valence-electron chi connectivity index (χ2n) is 5.16. The molecule has 0 aliphatic heterocycles. The molecule has 0 saturated heterocycles. The average molecular weight is 221 g/mol. The van der Waals surface area contributed by atoms with Crippen LogP contribution >= 0.6 is 0 Å². The molecule has 88 valence electrons. The normalized spacial score (nSPS) is 11.6. The van der Waals surface area contributed by atoms with Crippen molar-refractivity contribution < 1.29 is 9.53 Å². The van der Waals surface area contributed by atoms with Gasteiger partial charge in [0.05, 0.1) is 12.3 Å². The van der Waals surface area contributed by atoms with Crippen molar-refractivity contribution in [3.05, 3.63) is 24.0 Å². The topological polar surface area (TPSA) is 39.2 Å².